The average Bonchev–Trinajstić information content (AvgIpc) is 2.75. The minimum absolute atomic E-state index is 0. The molecule has 0 amide bonds. The van der Waals surface area contributed by atoms with Gasteiger partial charge in [0.1, 0.15) is 6.33 Å². The largest absolute Gasteiger partial charge is 0.284 e. The van der Waals surface area contributed by atoms with E-state index in [-0.39, 0.29) is 20.1 Å². The van der Waals surface area contributed by atoms with Gasteiger partial charge in [0, 0.05) is 42.1 Å². The van der Waals surface area contributed by atoms with Gasteiger partial charge in [-0.15, -0.1) is 17.7 Å². The fourth-order valence-electron chi connectivity index (χ4n) is 1.61. The van der Waals surface area contributed by atoms with Crippen LogP contribution in [0.3, 0.4) is 0 Å². The Morgan fingerprint density at radius 1 is 1.17 bits per heavy atom. The van der Waals surface area contributed by atoms with E-state index in [0.717, 1.165) is 16.3 Å². The van der Waals surface area contributed by atoms with Crippen molar-refractivity contribution in [1.82, 2.24) is 9.97 Å². The Labute approximate surface area is 119 Å². The molecule has 3 rings (SSSR count). The van der Waals surface area contributed by atoms with Gasteiger partial charge in [-0.25, -0.2) is 13.8 Å². The van der Waals surface area contributed by atoms with Gasteiger partial charge in [0.15, 0.2) is 0 Å². The third-order valence-corrected chi connectivity index (χ3v) is 3.21. The Bertz CT molecular complexity index is 679. The molecular weight excluding hydrogens is 434 g/mol. The third-order valence-electron chi connectivity index (χ3n) is 2.30. The predicted octanol–water partition coefficient (Wildman–Crippen LogP) is 3.43. The monoisotopic (exact) mass is 440 g/mol. The molecule has 0 saturated carbocycles. The molecule has 0 saturated heterocycles. The van der Waals surface area contributed by atoms with E-state index >= 15 is 0 Å². The molecule has 0 unspecified atom stereocenters. The molecule has 0 atom stereocenters. The quantitative estimate of drug-likeness (QED) is 0.543. The van der Waals surface area contributed by atoms with E-state index in [2.05, 4.69) is 16.0 Å². The summed E-state index contributed by atoms with van der Waals surface area (Å²) < 4.78 is 27.0. The Morgan fingerprint density at radius 3 is 2.78 bits per heavy atom. The van der Waals surface area contributed by atoms with Crippen LogP contribution < -0.4 is 0 Å². The van der Waals surface area contributed by atoms with Crippen LogP contribution in [-0.4, -0.2) is 9.97 Å². The van der Waals surface area contributed by atoms with Gasteiger partial charge in [-0.05, 0) is 11.4 Å². The number of benzene rings is 1. The first-order valence-corrected chi connectivity index (χ1v) is 5.69. The first kappa shape index (κ1) is 13.2. The summed E-state index contributed by atoms with van der Waals surface area (Å²) in [6.45, 7) is 0. The van der Waals surface area contributed by atoms with Gasteiger partial charge in [0.2, 0.25) is 0 Å². The van der Waals surface area contributed by atoms with Gasteiger partial charge in [-0.1, -0.05) is 6.07 Å². The molecule has 1 aromatic carbocycles. The van der Waals surface area contributed by atoms with Crippen LogP contribution in [0.1, 0.15) is 0 Å². The molecule has 2 nitrogen and oxygen atoms in total. The third kappa shape index (κ3) is 2.32. The minimum Gasteiger partial charge on any atom is -0.284 e. The zero-order valence-electron chi connectivity index (χ0n) is 8.78. The second-order valence-electron chi connectivity index (χ2n) is 3.42. The number of aromatic nitrogens is 2. The van der Waals surface area contributed by atoms with Crippen molar-refractivity contribution in [1.29, 1.82) is 0 Å². The fraction of sp³-hybridized carbons (Fsp3) is 0. The molecule has 2 aromatic heterocycles. The van der Waals surface area contributed by atoms with Crippen molar-refractivity contribution in [3.63, 3.8) is 0 Å². The Hall–Kier alpha value is -1.23. The van der Waals surface area contributed by atoms with Crippen LogP contribution in [0.15, 0.2) is 29.9 Å². The normalized spacial score (nSPS) is 10.3. The number of thiophene rings is 1. The maximum absolute atomic E-state index is 13.1. The number of nitrogens with zero attached hydrogens (tertiary/aromatic N) is 2. The standard InChI is InChI=1S/C12H5F2N2S.Ir/c13-8-3-7(4-9(14)5-8)11-12-10(1-2-17-12)15-6-16-11;/h1-3,5-6H;/q-1;. The molecular formula is C12H5F2IrN2S-. The summed E-state index contributed by atoms with van der Waals surface area (Å²) in [5.74, 6) is -1.37. The molecule has 2 heterocycles. The summed E-state index contributed by atoms with van der Waals surface area (Å²) in [5.41, 5.74) is 1.57. The van der Waals surface area contributed by atoms with Gasteiger partial charge in [-0.2, -0.15) is 11.3 Å². The molecule has 1 radical (unpaired) electrons. The summed E-state index contributed by atoms with van der Waals surface area (Å²) >= 11 is 1.43. The molecule has 0 aliphatic carbocycles. The van der Waals surface area contributed by atoms with Crippen LogP contribution in [0.25, 0.3) is 21.5 Å². The summed E-state index contributed by atoms with van der Waals surface area (Å²) in [7, 11) is 0. The first-order valence-electron chi connectivity index (χ1n) is 4.81. The fourth-order valence-corrected chi connectivity index (χ4v) is 2.46. The van der Waals surface area contributed by atoms with Gasteiger partial charge in [-0.3, -0.25) is 4.98 Å². The van der Waals surface area contributed by atoms with Gasteiger partial charge >= 0.3 is 0 Å². The van der Waals surface area contributed by atoms with Crippen LogP contribution in [-0.2, 0) is 20.1 Å². The van der Waals surface area contributed by atoms with Crippen molar-refractivity contribution in [2.45, 2.75) is 0 Å². The summed E-state index contributed by atoms with van der Waals surface area (Å²) in [6, 6.07) is 6.29. The van der Waals surface area contributed by atoms with Gasteiger partial charge in [0.05, 0.1) is 5.52 Å². The smallest absolute Gasteiger partial charge is 0.106 e. The number of halogens is 2. The second-order valence-corrected chi connectivity index (χ2v) is 4.33. The van der Waals surface area contributed by atoms with E-state index in [9.17, 15) is 8.78 Å². The molecule has 0 aliphatic heterocycles. The molecule has 6 heteroatoms. The maximum Gasteiger partial charge on any atom is 0.106 e. The molecule has 93 valence electrons. The van der Waals surface area contributed by atoms with Crippen LogP contribution in [0.4, 0.5) is 8.78 Å². The topological polar surface area (TPSA) is 25.8 Å². The van der Waals surface area contributed by atoms with Gasteiger partial charge < -0.3 is 0 Å². The van der Waals surface area contributed by atoms with Gasteiger partial charge in [0.25, 0.3) is 0 Å². The Balaban J connectivity index is 0.00000120. The van der Waals surface area contributed by atoms with Crippen molar-refractivity contribution in [3.05, 3.63) is 47.6 Å². The van der Waals surface area contributed by atoms with Crippen LogP contribution >= 0.6 is 11.3 Å². The minimum atomic E-state index is -0.733. The van der Waals surface area contributed by atoms with Crippen molar-refractivity contribution < 1.29 is 28.9 Å². The van der Waals surface area contributed by atoms with Crippen LogP contribution in [0.5, 0.6) is 0 Å². The molecule has 0 bridgehead atoms. The summed E-state index contributed by atoms with van der Waals surface area (Å²) in [6.07, 6.45) is 1.38. The average molecular weight is 439 g/mol. The Kier molecular flexibility index (Phi) is 3.80. The predicted molar refractivity (Wildman–Crippen MR) is 61.6 cm³/mol. The van der Waals surface area contributed by atoms with Crippen molar-refractivity contribution >= 4 is 21.6 Å². The first-order chi connectivity index (χ1) is 8.24. The second kappa shape index (κ2) is 5.18. The maximum atomic E-state index is 13.1. The van der Waals surface area contributed by atoms with Crippen molar-refractivity contribution in [2.24, 2.45) is 0 Å². The van der Waals surface area contributed by atoms with E-state index in [0.29, 0.717) is 11.3 Å². The van der Waals surface area contributed by atoms with E-state index in [4.69, 9.17) is 0 Å². The zero-order chi connectivity index (χ0) is 11.8. The molecule has 0 fully saturated rings. The molecule has 0 N–H and O–H groups in total. The molecule has 18 heavy (non-hydrogen) atoms. The van der Waals surface area contributed by atoms with E-state index in [1.54, 1.807) is 0 Å². The number of fused-ring (bicyclic) bond motifs is 1. The Morgan fingerprint density at radius 2 is 2.00 bits per heavy atom. The number of hydrogen-bond donors (Lipinski definition) is 0. The van der Waals surface area contributed by atoms with E-state index in [1.807, 2.05) is 11.4 Å². The van der Waals surface area contributed by atoms with E-state index < -0.39 is 11.6 Å². The van der Waals surface area contributed by atoms with Crippen molar-refractivity contribution in [2.75, 3.05) is 0 Å². The summed E-state index contributed by atoms with van der Waals surface area (Å²) in [4.78, 5) is 8.14. The molecule has 3 aromatic rings. The van der Waals surface area contributed by atoms with Crippen LogP contribution in [0, 0.1) is 17.7 Å². The van der Waals surface area contributed by atoms with Crippen LogP contribution in [0.2, 0.25) is 0 Å². The molecule has 0 aliphatic rings. The number of hydrogen-bond acceptors (Lipinski definition) is 3. The molecule has 0 spiro atoms. The summed E-state index contributed by atoms with van der Waals surface area (Å²) in [5, 5.41) is 1.86. The SMILES string of the molecule is Fc1[c-]c(-c2ncnc3ccsc23)cc(F)c1.[Ir]. The number of rotatable bonds is 1. The zero-order valence-corrected chi connectivity index (χ0v) is 12.0. The van der Waals surface area contributed by atoms with E-state index in [1.165, 1.54) is 23.7 Å². The van der Waals surface area contributed by atoms with Crippen molar-refractivity contribution in [3.8, 4) is 11.3 Å².